The Labute approximate surface area is 281 Å². The van der Waals surface area contributed by atoms with E-state index in [9.17, 15) is 9.59 Å². The second-order valence-electron chi connectivity index (χ2n) is 10.7. The van der Waals surface area contributed by atoms with Gasteiger partial charge in [-0.2, -0.15) is 0 Å². The Hall–Kier alpha value is -1.50. The molecule has 0 saturated heterocycles. The lowest BCUT2D eigenvalue weighted by molar-refractivity contribution is -0.160. The highest BCUT2D eigenvalue weighted by Gasteiger charge is 2.15. The molecule has 0 heterocycles. The summed E-state index contributed by atoms with van der Waals surface area (Å²) in [5.74, 6) is -0.582. The van der Waals surface area contributed by atoms with Gasteiger partial charge in [-0.3, -0.25) is 4.79 Å². The number of ether oxygens (including phenoxy) is 13. The van der Waals surface area contributed by atoms with Gasteiger partial charge in [-0.15, -0.1) is 0 Å². The number of carbonyl (C=O) groups excluding carboxylic acids is 2. The molecule has 0 aromatic heterocycles. The van der Waals surface area contributed by atoms with Crippen molar-refractivity contribution in [1.29, 1.82) is 0 Å². The van der Waals surface area contributed by atoms with E-state index in [1.54, 1.807) is 0 Å². The van der Waals surface area contributed by atoms with Gasteiger partial charge in [0.2, 0.25) is 0 Å². The number of hydrogen-bond acceptors (Lipinski definition) is 15. The van der Waals surface area contributed by atoms with E-state index < -0.39 is 5.60 Å². The van der Waals surface area contributed by atoms with Crippen molar-refractivity contribution in [2.45, 2.75) is 46.1 Å². The smallest absolute Gasteiger partial charge is 0.332 e. The molecule has 0 N–H and O–H groups in total. The monoisotopic (exact) mass is 686 g/mol. The van der Waals surface area contributed by atoms with E-state index in [4.69, 9.17) is 61.6 Å². The van der Waals surface area contributed by atoms with Crippen LogP contribution in [0.3, 0.4) is 0 Å². The fraction of sp³-hybridized carbons (Fsp3) is 0.938. The molecule has 0 spiro atoms. The molecule has 0 aromatic rings. The van der Waals surface area contributed by atoms with E-state index >= 15 is 0 Å². The first-order valence-electron chi connectivity index (χ1n) is 16.6. The highest BCUT2D eigenvalue weighted by Crippen LogP contribution is 2.06. The van der Waals surface area contributed by atoms with Crippen LogP contribution in [0.15, 0.2) is 0 Å². The molecule has 0 amide bonds. The van der Waals surface area contributed by atoms with Crippen molar-refractivity contribution in [3.8, 4) is 0 Å². The average molecular weight is 687 g/mol. The predicted octanol–water partition coefficient (Wildman–Crippen LogP) is 1.85. The zero-order valence-electron chi connectivity index (χ0n) is 29.3. The Kier molecular flexibility index (Phi) is 34.7. The third-order valence-corrected chi connectivity index (χ3v) is 5.30. The molecule has 15 nitrogen and oxygen atoms in total. The van der Waals surface area contributed by atoms with Gasteiger partial charge in [0, 0.05) is 6.42 Å². The first-order valence-corrected chi connectivity index (χ1v) is 16.6. The standard InChI is InChI=1S/C32H62O15/c1-5-6-30(33)46-28-27-44-24-23-42-20-19-40-16-15-38-12-11-36-8-7-35-9-10-37-13-14-39-17-18-41-21-22-43-25-26-45-29-31(34)47-32(2,3)4/h5-29H2,1-4H3. The molecular weight excluding hydrogens is 624 g/mol. The van der Waals surface area contributed by atoms with Gasteiger partial charge >= 0.3 is 11.9 Å². The first-order chi connectivity index (χ1) is 22.8. The van der Waals surface area contributed by atoms with Crippen molar-refractivity contribution in [1.82, 2.24) is 0 Å². The molecule has 0 aliphatic heterocycles. The van der Waals surface area contributed by atoms with E-state index in [1.807, 2.05) is 27.7 Å². The van der Waals surface area contributed by atoms with Gasteiger partial charge in [0.15, 0.2) is 0 Å². The molecular formula is C32H62O15. The fourth-order valence-corrected chi connectivity index (χ4v) is 3.22. The van der Waals surface area contributed by atoms with Crippen molar-refractivity contribution in [3.63, 3.8) is 0 Å². The van der Waals surface area contributed by atoms with E-state index in [-0.39, 0.29) is 25.2 Å². The van der Waals surface area contributed by atoms with E-state index in [0.717, 1.165) is 6.42 Å². The zero-order valence-corrected chi connectivity index (χ0v) is 29.3. The summed E-state index contributed by atoms with van der Waals surface area (Å²) in [6.45, 7) is 17.2. The van der Waals surface area contributed by atoms with E-state index in [1.165, 1.54) is 0 Å². The largest absolute Gasteiger partial charge is 0.463 e. The lowest BCUT2D eigenvalue weighted by atomic mass is 10.2. The molecule has 0 radical (unpaired) electrons. The summed E-state index contributed by atoms with van der Waals surface area (Å²) >= 11 is 0. The molecule has 0 bridgehead atoms. The first kappa shape index (κ1) is 45.5. The Morgan fingerprint density at radius 2 is 0.638 bits per heavy atom. The maximum absolute atomic E-state index is 11.5. The zero-order chi connectivity index (χ0) is 34.5. The summed E-state index contributed by atoms with van der Waals surface area (Å²) in [7, 11) is 0. The molecule has 0 aromatic carbocycles. The van der Waals surface area contributed by atoms with Gasteiger partial charge in [0.05, 0.1) is 139 Å². The summed E-state index contributed by atoms with van der Waals surface area (Å²) < 4.78 is 69.6. The maximum Gasteiger partial charge on any atom is 0.332 e. The second-order valence-corrected chi connectivity index (χ2v) is 10.7. The maximum atomic E-state index is 11.5. The van der Waals surface area contributed by atoms with Crippen molar-refractivity contribution in [2.75, 3.05) is 152 Å². The van der Waals surface area contributed by atoms with Crippen LogP contribution in [-0.4, -0.2) is 169 Å². The van der Waals surface area contributed by atoms with Crippen molar-refractivity contribution in [3.05, 3.63) is 0 Å². The molecule has 280 valence electrons. The lowest BCUT2D eigenvalue weighted by Gasteiger charge is -2.19. The van der Waals surface area contributed by atoms with Crippen LogP contribution in [0.4, 0.5) is 0 Å². The summed E-state index contributed by atoms with van der Waals surface area (Å²) in [6, 6.07) is 0. The third kappa shape index (κ3) is 40.6. The number of esters is 2. The molecule has 0 unspecified atom stereocenters. The van der Waals surface area contributed by atoms with E-state index in [0.29, 0.717) is 145 Å². The fourth-order valence-electron chi connectivity index (χ4n) is 3.22. The van der Waals surface area contributed by atoms with Crippen LogP contribution >= 0.6 is 0 Å². The summed E-state index contributed by atoms with van der Waals surface area (Å²) in [5.41, 5.74) is -0.514. The van der Waals surface area contributed by atoms with Gasteiger partial charge in [-0.05, 0) is 27.2 Å². The predicted molar refractivity (Wildman–Crippen MR) is 171 cm³/mol. The van der Waals surface area contributed by atoms with Crippen molar-refractivity contribution in [2.24, 2.45) is 0 Å². The third-order valence-electron chi connectivity index (χ3n) is 5.30. The molecule has 15 heteroatoms. The molecule has 0 fully saturated rings. The molecule has 0 saturated carbocycles. The van der Waals surface area contributed by atoms with Gasteiger partial charge in [0.1, 0.15) is 18.8 Å². The SMILES string of the molecule is CCCC(=O)OCCOCCOCCOCCOCCOCCOCCOCCOCCOCCOCCOCC(=O)OC(C)(C)C. The van der Waals surface area contributed by atoms with Gasteiger partial charge in [0.25, 0.3) is 0 Å². The summed E-state index contributed by atoms with van der Waals surface area (Å²) in [4.78, 5) is 22.7. The topological polar surface area (TPSA) is 154 Å². The number of carbonyl (C=O) groups is 2. The molecule has 0 atom stereocenters. The van der Waals surface area contributed by atoms with Crippen LogP contribution < -0.4 is 0 Å². The Bertz CT molecular complexity index is 675. The molecule has 47 heavy (non-hydrogen) atoms. The van der Waals surface area contributed by atoms with Crippen LogP contribution in [0.1, 0.15) is 40.5 Å². The Morgan fingerprint density at radius 3 is 0.894 bits per heavy atom. The highest BCUT2D eigenvalue weighted by atomic mass is 16.6. The van der Waals surface area contributed by atoms with Crippen LogP contribution in [-0.2, 0) is 71.2 Å². The molecule has 0 rings (SSSR count). The quantitative estimate of drug-likeness (QED) is 0.0689. The molecule has 0 aliphatic carbocycles. The minimum atomic E-state index is -0.514. The van der Waals surface area contributed by atoms with Gasteiger partial charge in [-0.25, -0.2) is 4.79 Å². The lowest BCUT2D eigenvalue weighted by Crippen LogP contribution is -2.27. The van der Waals surface area contributed by atoms with Crippen LogP contribution in [0.5, 0.6) is 0 Å². The summed E-state index contributed by atoms with van der Waals surface area (Å²) in [5, 5.41) is 0. The Morgan fingerprint density at radius 1 is 0.383 bits per heavy atom. The number of hydrogen-bond donors (Lipinski definition) is 0. The van der Waals surface area contributed by atoms with Crippen molar-refractivity contribution < 1.29 is 71.2 Å². The van der Waals surface area contributed by atoms with Crippen LogP contribution in [0, 0.1) is 0 Å². The molecule has 0 aliphatic rings. The van der Waals surface area contributed by atoms with Gasteiger partial charge < -0.3 is 61.6 Å². The minimum absolute atomic E-state index is 0.0865. The average Bonchev–Trinajstić information content (AvgIpc) is 3.02. The van der Waals surface area contributed by atoms with Crippen LogP contribution in [0.25, 0.3) is 0 Å². The van der Waals surface area contributed by atoms with Crippen molar-refractivity contribution >= 4 is 11.9 Å². The number of rotatable bonds is 37. The minimum Gasteiger partial charge on any atom is -0.463 e. The summed E-state index contributed by atoms with van der Waals surface area (Å²) in [6.07, 6.45) is 1.22. The second kappa shape index (κ2) is 35.8. The van der Waals surface area contributed by atoms with Gasteiger partial charge in [-0.1, -0.05) is 6.92 Å². The van der Waals surface area contributed by atoms with E-state index in [2.05, 4.69) is 0 Å². The highest BCUT2D eigenvalue weighted by molar-refractivity contribution is 5.71. The van der Waals surface area contributed by atoms with Crippen LogP contribution in [0.2, 0.25) is 0 Å². The normalized spacial score (nSPS) is 11.7. The Balaban J connectivity index is 3.11.